The van der Waals surface area contributed by atoms with Crippen molar-refractivity contribution in [3.05, 3.63) is 35.4 Å². The molecule has 0 spiro atoms. The second-order valence-electron chi connectivity index (χ2n) is 8.17. The van der Waals surface area contributed by atoms with E-state index in [1.165, 1.54) is 12.0 Å². The van der Waals surface area contributed by atoms with Crippen LogP contribution in [0.4, 0.5) is 0 Å². The highest BCUT2D eigenvalue weighted by atomic mass is 16.5. The predicted molar refractivity (Wildman–Crippen MR) is 109 cm³/mol. The maximum absolute atomic E-state index is 12.9. The minimum Gasteiger partial charge on any atom is -0.385 e. The molecule has 1 aromatic carbocycles. The van der Waals surface area contributed by atoms with Crippen LogP contribution in [0, 0.1) is 5.92 Å². The van der Waals surface area contributed by atoms with Crippen LogP contribution in [0.3, 0.4) is 0 Å². The molecule has 1 aromatic rings. The molecular formula is C22H35N3O2. The number of methoxy groups -OCH3 is 1. The normalized spacial score (nSPS) is 22.1. The number of benzene rings is 1. The Morgan fingerprint density at radius 2 is 1.85 bits per heavy atom. The number of carbonyl (C=O) groups excluding carboxylic acids is 1. The number of likely N-dealkylation sites (tertiary alicyclic amines) is 1. The molecule has 5 heteroatoms. The summed E-state index contributed by atoms with van der Waals surface area (Å²) in [5, 5.41) is 0. The van der Waals surface area contributed by atoms with Crippen LogP contribution in [0.2, 0.25) is 0 Å². The Kier molecular flexibility index (Phi) is 7.68. The van der Waals surface area contributed by atoms with Crippen molar-refractivity contribution in [2.75, 3.05) is 60.0 Å². The molecule has 2 saturated heterocycles. The van der Waals surface area contributed by atoms with E-state index in [1.54, 1.807) is 7.11 Å². The average molecular weight is 374 g/mol. The summed E-state index contributed by atoms with van der Waals surface area (Å²) in [7, 11) is 3.94. The van der Waals surface area contributed by atoms with E-state index < -0.39 is 0 Å². The predicted octanol–water partition coefficient (Wildman–Crippen LogP) is 2.71. The number of ether oxygens (including phenoxy) is 1. The SMILES string of the molecule is COCCC[C@H]1CCCN(C(=O)c2ccc(CN3CCN(C)CC3)cc2)C1. The lowest BCUT2D eigenvalue weighted by Crippen LogP contribution is -2.43. The van der Waals surface area contributed by atoms with Crippen molar-refractivity contribution >= 4 is 5.91 Å². The van der Waals surface area contributed by atoms with E-state index in [0.717, 1.165) is 77.2 Å². The van der Waals surface area contributed by atoms with E-state index in [9.17, 15) is 4.79 Å². The Morgan fingerprint density at radius 1 is 1.11 bits per heavy atom. The number of hydrogen-bond donors (Lipinski definition) is 0. The van der Waals surface area contributed by atoms with Gasteiger partial charge < -0.3 is 14.5 Å². The van der Waals surface area contributed by atoms with Crippen LogP contribution in [0.25, 0.3) is 0 Å². The summed E-state index contributed by atoms with van der Waals surface area (Å²) < 4.78 is 5.16. The highest BCUT2D eigenvalue weighted by Gasteiger charge is 2.24. The van der Waals surface area contributed by atoms with E-state index in [4.69, 9.17) is 4.74 Å². The Morgan fingerprint density at radius 3 is 2.56 bits per heavy atom. The number of piperazine rings is 1. The van der Waals surface area contributed by atoms with E-state index in [0.29, 0.717) is 5.92 Å². The molecule has 3 rings (SSSR count). The van der Waals surface area contributed by atoms with Gasteiger partial charge in [-0.3, -0.25) is 9.69 Å². The van der Waals surface area contributed by atoms with E-state index in [-0.39, 0.29) is 5.91 Å². The Hall–Kier alpha value is -1.43. The Balaban J connectivity index is 1.50. The first-order chi connectivity index (χ1) is 13.2. The Bertz CT molecular complexity index is 582. The summed E-state index contributed by atoms with van der Waals surface area (Å²) in [6.07, 6.45) is 4.59. The fraction of sp³-hybridized carbons (Fsp3) is 0.682. The highest BCUT2D eigenvalue weighted by molar-refractivity contribution is 5.94. The molecule has 0 radical (unpaired) electrons. The van der Waals surface area contributed by atoms with Crippen molar-refractivity contribution in [1.29, 1.82) is 0 Å². The van der Waals surface area contributed by atoms with Crippen LogP contribution in [-0.4, -0.2) is 80.6 Å². The van der Waals surface area contributed by atoms with Gasteiger partial charge in [-0.15, -0.1) is 0 Å². The van der Waals surface area contributed by atoms with Gasteiger partial charge in [0.15, 0.2) is 0 Å². The molecule has 0 unspecified atom stereocenters. The van der Waals surface area contributed by atoms with Gasteiger partial charge in [0.1, 0.15) is 0 Å². The molecule has 0 N–H and O–H groups in total. The second kappa shape index (κ2) is 10.2. The zero-order valence-electron chi connectivity index (χ0n) is 17.0. The van der Waals surface area contributed by atoms with E-state index in [1.807, 2.05) is 12.1 Å². The van der Waals surface area contributed by atoms with Gasteiger partial charge in [-0.1, -0.05) is 12.1 Å². The summed E-state index contributed by atoms with van der Waals surface area (Å²) in [4.78, 5) is 19.8. The lowest BCUT2D eigenvalue weighted by atomic mass is 9.93. The van der Waals surface area contributed by atoms with E-state index >= 15 is 0 Å². The van der Waals surface area contributed by atoms with Crippen LogP contribution in [0.15, 0.2) is 24.3 Å². The molecule has 1 amide bonds. The number of rotatable bonds is 7. The first-order valence-corrected chi connectivity index (χ1v) is 10.4. The van der Waals surface area contributed by atoms with Gasteiger partial charge in [-0.25, -0.2) is 0 Å². The van der Waals surface area contributed by atoms with Crippen molar-refractivity contribution in [2.24, 2.45) is 5.92 Å². The molecule has 0 saturated carbocycles. The molecule has 0 aromatic heterocycles. The summed E-state index contributed by atoms with van der Waals surface area (Å²) in [5.41, 5.74) is 2.13. The first-order valence-electron chi connectivity index (χ1n) is 10.4. The van der Waals surface area contributed by atoms with Crippen molar-refractivity contribution in [3.63, 3.8) is 0 Å². The second-order valence-corrected chi connectivity index (χ2v) is 8.17. The van der Waals surface area contributed by atoms with Gasteiger partial charge in [0.25, 0.3) is 5.91 Å². The van der Waals surface area contributed by atoms with Gasteiger partial charge in [0, 0.05) is 65.1 Å². The third-order valence-corrected chi connectivity index (χ3v) is 5.97. The Labute approximate surface area is 164 Å². The maximum atomic E-state index is 12.9. The van der Waals surface area contributed by atoms with Crippen LogP contribution >= 0.6 is 0 Å². The first kappa shape index (κ1) is 20.3. The number of piperidine rings is 1. The van der Waals surface area contributed by atoms with Crippen molar-refractivity contribution in [1.82, 2.24) is 14.7 Å². The zero-order chi connectivity index (χ0) is 19.1. The quantitative estimate of drug-likeness (QED) is 0.689. The zero-order valence-corrected chi connectivity index (χ0v) is 17.0. The van der Waals surface area contributed by atoms with Gasteiger partial charge in [-0.05, 0) is 56.3 Å². The molecule has 27 heavy (non-hydrogen) atoms. The van der Waals surface area contributed by atoms with Crippen LogP contribution in [0.5, 0.6) is 0 Å². The lowest BCUT2D eigenvalue weighted by molar-refractivity contribution is 0.0660. The van der Waals surface area contributed by atoms with Crippen LogP contribution in [0.1, 0.15) is 41.6 Å². The summed E-state index contributed by atoms with van der Waals surface area (Å²) in [6.45, 7) is 8.10. The molecule has 1 atom stereocenters. The molecule has 5 nitrogen and oxygen atoms in total. The van der Waals surface area contributed by atoms with Gasteiger partial charge in [0.2, 0.25) is 0 Å². The molecule has 150 valence electrons. The highest BCUT2D eigenvalue weighted by Crippen LogP contribution is 2.22. The van der Waals surface area contributed by atoms with Crippen LogP contribution in [-0.2, 0) is 11.3 Å². The lowest BCUT2D eigenvalue weighted by Gasteiger charge is -2.33. The molecule has 2 fully saturated rings. The number of likely N-dealkylation sites (N-methyl/N-ethyl adjacent to an activating group) is 1. The number of carbonyl (C=O) groups is 1. The monoisotopic (exact) mass is 373 g/mol. The minimum atomic E-state index is 0.192. The van der Waals surface area contributed by atoms with E-state index in [2.05, 4.69) is 33.9 Å². The number of nitrogens with zero attached hydrogens (tertiary/aromatic N) is 3. The molecule has 2 aliphatic heterocycles. The summed E-state index contributed by atoms with van der Waals surface area (Å²) in [5.74, 6) is 0.812. The third-order valence-electron chi connectivity index (χ3n) is 5.97. The topological polar surface area (TPSA) is 36.0 Å². The smallest absolute Gasteiger partial charge is 0.253 e. The molecular weight excluding hydrogens is 338 g/mol. The largest absolute Gasteiger partial charge is 0.385 e. The van der Waals surface area contributed by atoms with Gasteiger partial charge in [-0.2, -0.15) is 0 Å². The van der Waals surface area contributed by atoms with Crippen molar-refractivity contribution < 1.29 is 9.53 Å². The molecule has 0 bridgehead atoms. The molecule has 2 aliphatic rings. The average Bonchev–Trinajstić information content (AvgIpc) is 2.70. The number of amides is 1. The fourth-order valence-corrected chi connectivity index (χ4v) is 4.20. The molecule has 0 aliphatic carbocycles. The van der Waals surface area contributed by atoms with Gasteiger partial charge >= 0.3 is 0 Å². The fourth-order valence-electron chi connectivity index (χ4n) is 4.20. The minimum absolute atomic E-state index is 0.192. The number of hydrogen-bond acceptors (Lipinski definition) is 4. The summed E-state index contributed by atoms with van der Waals surface area (Å²) in [6, 6.07) is 8.29. The third kappa shape index (κ3) is 6.03. The van der Waals surface area contributed by atoms with Crippen LogP contribution < -0.4 is 0 Å². The van der Waals surface area contributed by atoms with Crippen molar-refractivity contribution in [2.45, 2.75) is 32.2 Å². The summed E-state index contributed by atoms with van der Waals surface area (Å²) >= 11 is 0. The maximum Gasteiger partial charge on any atom is 0.253 e. The van der Waals surface area contributed by atoms with Crippen molar-refractivity contribution in [3.8, 4) is 0 Å². The molecule has 2 heterocycles. The standard InChI is InChI=1S/C22H35N3O2/c1-23-12-14-24(15-13-23)17-20-7-9-21(10-8-20)22(26)25-11-3-5-19(18-25)6-4-16-27-2/h7-10,19H,3-6,11-18H2,1-2H3/t19-/m1/s1. The van der Waals surface area contributed by atoms with Gasteiger partial charge in [0.05, 0.1) is 0 Å².